The van der Waals surface area contributed by atoms with E-state index in [2.05, 4.69) is 15.4 Å². The molecule has 4 fully saturated rings. The van der Waals surface area contributed by atoms with E-state index in [1.54, 1.807) is 39.8 Å². The van der Waals surface area contributed by atoms with Crippen LogP contribution in [0.5, 0.6) is 0 Å². The molecule has 53 heavy (non-hydrogen) atoms. The molecule has 0 spiro atoms. The van der Waals surface area contributed by atoms with Crippen LogP contribution in [0.1, 0.15) is 116 Å². The van der Waals surface area contributed by atoms with Gasteiger partial charge < -0.3 is 25.0 Å². The van der Waals surface area contributed by atoms with E-state index in [1.165, 1.54) is 15.9 Å². The molecule has 5 aliphatic rings. The molecule has 5 atom stereocenters. The summed E-state index contributed by atoms with van der Waals surface area (Å²) in [6.45, 7) is 6.83. The van der Waals surface area contributed by atoms with Crippen molar-refractivity contribution in [2.45, 2.75) is 152 Å². The van der Waals surface area contributed by atoms with Crippen molar-refractivity contribution in [1.29, 1.82) is 0 Å². The molecule has 2 saturated carbocycles. The number of fused-ring (bicyclic) bond motifs is 3. The molecule has 5 amide bonds. The number of ether oxygens (including phenoxy) is 2. The zero-order chi connectivity index (χ0) is 38.3. The molecular formula is C37H52FN5O9S. The number of sulfonamides is 1. The summed E-state index contributed by atoms with van der Waals surface area (Å²) < 4.78 is 53.6. The molecular weight excluding hydrogens is 709 g/mol. The zero-order valence-electron chi connectivity index (χ0n) is 31.0. The number of halogens is 1. The van der Waals surface area contributed by atoms with Crippen LogP contribution in [0.25, 0.3) is 0 Å². The van der Waals surface area contributed by atoms with Crippen LogP contribution in [0.3, 0.4) is 0 Å². The summed E-state index contributed by atoms with van der Waals surface area (Å²) in [6, 6.07) is 2.35. The van der Waals surface area contributed by atoms with Crippen LogP contribution in [0, 0.1) is 11.7 Å². The van der Waals surface area contributed by atoms with Gasteiger partial charge in [0.25, 0.3) is 5.91 Å². The number of alkyl carbamates (subject to hydrolysis) is 1. The van der Waals surface area contributed by atoms with Crippen molar-refractivity contribution in [2.75, 3.05) is 6.54 Å². The number of amides is 5. The first-order valence-electron chi connectivity index (χ1n) is 18.9. The highest BCUT2D eigenvalue weighted by atomic mass is 32.2. The average molecular weight is 762 g/mol. The van der Waals surface area contributed by atoms with Gasteiger partial charge in [-0.15, -0.1) is 0 Å². The highest BCUT2D eigenvalue weighted by Crippen LogP contribution is 2.50. The molecule has 2 aliphatic carbocycles. The Balaban J connectivity index is 1.25. The van der Waals surface area contributed by atoms with Gasteiger partial charge in [-0.3, -0.25) is 24.0 Å². The normalized spacial score (nSPS) is 28.6. The second kappa shape index (κ2) is 14.7. The molecule has 1 aromatic rings. The van der Waals surface area contributed by atoms with Crippen molar-refractivity contribution >= 4 is 39.9 Å². The van der Waals surface area contributed by atoms with Crippen LogP contribution in [0.4, 0.5) is 14.0 Å². The van der Waals surface area contributed by atoms with Crippen molar-refractivity contribution < 1.29 is 46.3 Å². The van der Waals surface area contributed by atoms with Crippen molar-refractivity contribution in [2.24, 2.45) is 5.92 Å². The smallest absolute Gasteiger partial charge is 0.410 e. The summed E-state index contributed by atoms with van der Waals surface area (Å²) in [6.07, 6.45) is 3.60. The molecule has 3 heterocycles. The Labute approximate surface area is 310 Å². The standard InChI is InChI=1S/C37H52FN5O9S/c1-5-36(16-17-36)53(49,50)41-32(46)37-19-24(37)13-9-7-6-8-10-15-28(39-33(47)52-35(2,3)4)31(45)43-21-25(18-29(43)30(44)40-37)51-34(48)42-20-23-12-11-14-27(38)26(23)22-42/h11-12,14,24-25,28-29H,5-10,13,15-22H2,1-4H3,(H,39,47)(H,40,44)(H,41,46)/t24-,25+,28-,29-,37+/m0/s1. The van der Waals surface area contributed by atoms with Crippen molar-refractivity contribution in [3.05, 3.63) is 35.1 Å². The van der Waals surface area contributed by atoms with Gasteiger partial charge >= 0.3 is 12.2 Å². The predicted octanol–water partition coefficient (Wildman–Crippen LogP) is 4.15. The Kier molecular flexibility index (Phi) is 10.8. The third-order valence-corrected chi connectivity index (χ3v) is 13.7. The van der Waals surface area contributed by atoms with Crippen LogP contribution < -0.4 is 15.4 Å². The van der Waals surface area contributed by atoms with E-state index < -0.39 is 79.8 Å². The van der Waals surface area contributed by atoms with E-state index in [9.17, 15) is 36.8 Å². The number of nitrogens with one attached hydrogen (secondary N) is 3. The van der Waals surface area contributed by atoms with E-state index >= 15 is 0 Å². The molecule has 0 bridgehead atoms. The fourth-order valence-corrected chi connectivity index (χ4v) is 9.68. The third-order valence-electron chi connectivity index (χ3n) is 11.4. The second-order valence-corrected chi connectivity index (χ2v) is 18.4. The number of hydrogen-bond acceptors (Lipinski definition) is 9. The molecule has 3 aliphatic heterocycles. The van der Waals surface area contributed by atoms with Gasteiger partial charge in [-0.1, -0.05) is 51.2 Å². The maximum atomic E-state index is 14.4. The van der Waals surface area contributed by atoms with E-state index in [1.807, 2.05) is 0 Å². The van der Waals surface area contributed by atoms with Gasteiger partial charge in [-0.2, -0.15) is 0 Å². The lowest BCUT2D eigenvalue weighted by atomic mass is 10.0. The van der Waals surface area contributed by atoms with Gasteiger partial charge in [0, 0.05) is 18.5 Å². The summed E-state index contributed by atoms with van der Waals surface area (Å²) in [5.74, 6) is -2.79. The molecule has 0 unspecified atom stereocenters. The van der Waals surface area contributed by atoms with Gasteiger partial charge in [0.05, 0.1) is 17.8 Å². The minimum Gasteiger partial charge on any atom is -0.444 e. The number of carbonyl (C=O) groups excluding carboxylic acids is 5. The molecule has 14 nitrogen and oxygen atoms in total. The Hall–Kier alpha value is -3.95. The highest BCUT2D eigenvalue weighted by molar-refractivity contribution is 7.91. The largest absolute Gasteiger partial charge is 0.444 e. The van der Waals surface area contributed by atoms with Crippen LogP contribution in [0.2, 0.25) is 0 Å². The number of benzene rings is 1. The van der Waals surface area contributed by atoms with E-state index in [4.69, 9.17) is 9.47 Å². The van der Waals surface area contributed by atoms with Crippen LogP contribution >= 0.6 is 0 Å². The summed E-state index contributed by atoms with van der Waals surface area (Å²) in [7, 11) is -4.01. The average Bonchev–Trinajstić information content (AvgIpc) is 3.92. The first-order chi connectivity index (χ1) is 25.0. The van der Waals surface area contributed by atoms with Gasteiger partial charge in [0.1, 0.15) is 35.1 Å². The lowest BCUT2D eigenvalue weighted by Gasteiger charge is -2.30. The Morgan fingerprint density at radius 3 is 2.40 bits per heavy atom. The van der Waals surface area contributed by atoms with Crippen molar-refractivity contribution in [3.8, 4) is 0 Å². The molecule has 0 radical (unpaired) electrons. The van der Waals surface area contributed by atoms with Gasteiger partial charge in [0.15, 0.2) is 0 Å². The first kappa shape index (κ1) is 38.8. The van der Waals surface area contributed by atoms with Crippen molar-refractivity contribution in [1.82, 2.24) is 25.2 Å². The second-order valence-electron chi connectivity index (χ2n) is 16.4. The monoisotopic (exact) mass is 761 g/mol. The molecule has 2 saturated heterocycles. The summed E-state index contributed by atoms with van der Waals surface area (Å²) in [5.41, 5.74) is -1.27. The number of nitrogens with zero attached hydrogens (tertiary/aromatic N) is 2. The van der Waals surface area contributed by atoms with Gasteiger partial charge in [0.2, 0.25) is 21.8 Å². The SMILES string of the molecule is CCC1(S(=O)(=O)NC(=O)[C@@]23C[C@@H]2CCCCCCC[C@H](NC(=O)OC(C)(C)C)C(=O)N2C[C@H](OC(=O)N4Cc5cccc(F)c5C4)C[C@H]2C(=O)N3)CC1. The predicted molar refractivity (Wildman–Crippen MR) is 190 cm³/mol. The molecule has 16 heteroatoms. The van der Waals surface area contributed by atoms with Crippen LogP contribution in [-0.2, 0) is 47.0 Å². The third kappa shape index (κ3) is 8.26. The summed E-state index contributed by atoms with van der Waals surface area (Å²) >= 11 is 0. The summed E-state index contributed by atoms with van der Waals surface area (Å²) in [4.78, 5) is 71.4. The zero-order valence-corrected chi connectivity index (χ0v) is 31.8. The Bertz CT molecular complexity index is 1750. The maximum Gasteiger partial charge on any atom is 0.410 e. The van der Waals surface area contributed by atoms with Crippen molar-refractivity contribution in [3.63, 3.8) is 0 Å². The quantitative estimate of drug-likeness (QED) is 0.384. The molecule has 6 rings (SSSR count). The fourth-order valence-electron chi connectivity index (χ4n) is 8.02. The van der Waals surface area contributed by atoms with E-state index in [0.29, 0.717) is 43.2 Å². The Morgan fingerprint density at radius 2 is 1.74 bits per heavy atom. The van der Waals surface area contributed by atoms with Crippen LogP contribution in [-0.4, -0.2) is 88.7 Å². The fraction of sp³-hybridized carbons (Fsp3) is 0.703. The Morgan fingerprint density at radius 1 is 1.04 bits per heavy atom. The summed E-state index contributed by atoms with van der Waals surface area (Å²) in [5, 5.41) is 5.55. The first-order valence-corrected chi connectivity index (χ1v) is 20.4. The molecule has 0 aromatic heterocycles. The van der Waals surface area contributed by atoms with E-state index in [0.717, 1.165) is 25.7 Å². The number of rotatable bonds is 6. The topological polar surface area (TPSA) is 181 Å². The number of hydrogen-bond donors (Lipinski definition) is 3. The highest BCUT2D eigenvalue weighted by Gasteiger charge is 2.64. The minimum atomic E-state index is -4.01. The van der Waals surface area contributed by atoms with Crippen LogP contribution in [0.15, 0.2) is 18.2 Å². The lowest BCUT2D eigenvalue weighted by molar-refractivity contribution is -0.141. The number of carbonyl (C=O) groups is 5. The minimum absolute atomic E-state index is 0.00322. The van der Waals surface area contributed by atoms with E-state index in [-0.39, 0.29) is 44.8 Å². The van der Waals surface area contributed by atoms with Gasteiger partial charge in [-0.05, 0) is 76.8 Å². The molecule has 292 valence electrons. The molecule has 1 aromatic carbocycles. The van der Waals surface area contributed by atoms with Gasteiger partial charge in [-0.25, -0.2) is 22.4 Å². The lowest BCUT2D eigenvalue weighted by Crippen LogP contribution is -2.59. The molecule has 3 N–H and O–H groups in total. The maximum absolute atomic E-state index is 14.4.